The average molecular weight is 347 g/mol. The predicted octanol–water partition coefficient (Wildman–Crippen LogP) is 1.87. The van der Waals surface area contributed by atoms with E-state index in [1.807, 2.05) is 42.0 Å². The van der Waals surface area contributed by atoms with E-state index < -0.39 is 9.84 Å². The van der Waals surface area contributed by atoms with Gasteiger partial charge in [-0.3, -0.25) is 4.79 Å². The van der Waals surface area contributed by atoms with Gasteiger partial charge in [-0.05, 0) is 37.0 Å². The van der Waals surface area contributed by atoms with Gasteiger partial charge in [0.15, 0.2) is 9.84 Å². The third-order valence-electron chi connectivity index (χ3n) is 4.35. The van der Waals surface area contributed by atoms with E-state index >= 15 is 0 Å². The number of carbonyl (C=O) groups excluding carboxylic acids is 1. The van der Waals surface area contributed by atoms with E-state index in [0.29, 0.717) is 6.42 Å². The summed E-state index contributed by atoms with van der Waals surface area (Å²) in [4.78, 5) is 16.2. The molecule has 0 bridgehead atoms. The number of hydrogen-bond donors (Lipinski definition) is 1. The molecule has 0 radical (unpaired) electrons. The lowest BCUT2D eigenvalue weighted by atomic mass is 10.0. The monoisotopic (exact) mass is 347 g/mol. The zero-order valence-electron chi connectivity index (χ0n) is 13.6. The molecule has 2 aromatic rings. The van der Waals surface area contributed by atoms with Crippen molar-refractivity contribution in [2.24, 2.45) is 5.92 Å². The van der Waals surface area contributed by atoms with Crippen LogP contribution in [0.5, 0.6) is 0 Å². The van der Waals surface area contributed by atoms with Crippen molar-refractivity contribution in [2.75, 3.05) is 11.5 Å². The molecule has 1 N–H and O–H groups in total. The van der Waals surface area contributed by atoms with Gasteiger partial charge in [0, 0.05) is 24.5 Å². The van der Waals surface area contributed by atoms with E-state index in [0.717, 1.165) is 11.3 Å². The molecule has 128 valence electrons. The van der Waals surface area contributed by atoms with Gasteiger partial charge in [0.05, 0.1) is 23.9 Å². The SMILES string of the molecule is C[C@@H](NC(=O)C[C@@H]1CCS(=O)(=O)C1)c1cccc(-n2ccnc2)c1. The zero-order valence-corrected chi connectivity index (χ0v) is 14.4. The summed E-state index contributed by atoms with van der Waals surface area (Å²) in [6.07, 6.45) is 6.16. The van der Waals surface area contributed by atoms with Gasteiger partial charge in [-0.2, -0.15) is 0 Å². The highest BCUT2D eigenvalue weighted by atomic mass is 32.2. The molecule has 1 amide bonds. The summed E-state index contributed by atoms with van der Waals surface area (Å²) in [7, 11) is -2.94. The number of sulfone groups is 1. The normalized spacial score (nSPS) is 20.6. The van der Waals surface area contributed by atoms with Crippen LogP contribution in [0.3, 0.4) is 0 Å². The number of nitrogens with zero attached hydrogens (tertiary/aromatic N) is 2. The lowest BCUT2D eigenvalue weighted by Gasteiger charge is -2.17. The van der Waals surface area contributed by atoms with Crippen LogP contribution in [0.4, 0.5) is 0 Å². The minimum Gasteiger partial charge on any atom is -0.350 e. The fourth-order valence-electron chi connectivity index (χ4n) is 3.05. The Morgan fingerprint density at radius 2 is 2.29 bits per heavy atom. The van der Waals surface area contributed by atoms with Gasteiger partial charge in [-0.15, -0.1) is 0 Å². The molecule has 24 heavy (non-hydrogen) atoms. The smallest absolute Gasteiger partial charge is 0.220 e. The van der Waals surface area contributed by atoms with Gasteiger partial charge >= 0.3 is 0 Å². The van der Waals surface area contributed by atoms with Gasteiger partial charge in [0.1, 0.15) is 0 Å². The molecule has 0 aliphatic carbocycles. The van der Waals surface area contributed by atoms with E-state index in [1.165, 1.54) is 0 Å². The summed E-state index contributed by atoms with van der Waals surface area (Å²) in [5.74, 6) is 0.176. The summed E-state index contributed by atoms with van der Waals surface area (Å²) >= 11 is 0. The van der Waals surface area contributed by atoms with Gasteiger partial charge in [0.2, 0.25) is 5.91 Å². The summed E-state index contributed by atoms with van der Waals surface area (Å²) in [6.45, 7) is 1.93. The predicted molar refractivity (Wildman–Crippen MR) is 91.5 cm³/mol. The van der Waals surface area contributed by atoms with Crippen LogP contribution in [-0.4, -0.2) is 35.4 Å². The van der Waals surface area contributed by atoms with Crippen molar-refractivity contribution in [3.05, 3.63) is 48.5 Å². The van der Waals surface area contributed by atoms with Crippen LogP contribution in [0.15, 0.2) is 43.0 Å². The number of hydrogen-bond acceptors (Lipinski definition) is 4. The maximum Gasteiger partial charge on any atom is 0.220 e. The number of imidazole rings is 1. The van der Waals surface area contributed by atoms with Crippen molar-refractivity contribution in [1.82, 2.24) is 14.9 Å². The number of benzene rings is 1. The van der Waals surface area contributed by atoms with Crippen molar-refractivity contribution < 1.29 is 13.2 Å². The third-order valence-corrected chi connectivity index (χ3v) is 6.19. The van der Waals surface area contributed by atoms with Crippen LogP contribution in [-0.2, 0) is 14.6 Å². The molecular formula is C17H21N3O3S. The zero-order chi connectivity index (χ0) is 17.2. The van der Waals surface area contributed by atoms with Crippen LogP contribution in [0.25, 0.3) is 5.69 Å². The largest absolute Gasteiger partial charge is 0.350 e. The number of nitrogens with one attached hydrogen (secondary N) is 1. The quantitative estimate of drug-likeness (QED) is 0.895. The van der Waals surface area contributed by atoms with Crippen molar-refractivity contribution in [3.8, 4) is 5.69 Å². The molecule has 1 aliphatic heterocycles. The molecule has 0 spiro atoms. The van der Waals surface area contributed by atoms with E-state index in [-0.39, 0.29) is 35.8 Å². The van der Waals surface area contributed by atoms with Gasteiger partial charge in [-0.1, -0.05) is 12.1 Å². The second-order valence-electron chi connectivity index (χ2n) is 6.33. The lowest BCUT2D eigenvalue weighted by Crippen LogP contribution is -2.28. The topological polar surface area (TPSA) is 81.1 Å². The Bertz CT molecular complexity index is 815. The fraction of sp³-hybridized carbons (Fsp3) is 0.412. The maximum atomic E-state index is 12.2. The molecule has 0 saturated carbocycles. The average Bonchev–Trinajstić information content (AvgIpc) is 3.17. The molecule has 1 fully saturated rings. The van der Waals surface area contributed by atoms with Crippen LogP contribution in [0.2, 0.25) is 0 Å². The van der Waals surface area contributed by atoms with Crippen LogP contribution in [0.1, 0.15) is 31.4 Å². The maximum absolute atomic E-state index is 12.2. The fourth-order valence-corrected chi connectivity index (χ4v) is 4.91. The molecule has 6 nitrogen and oxygen atoms in total. The minimum atomic E-state index is -2.94. The Balaban J connectivity index is 1.61. The van der Waals surface area contributed by atoms with E-state index in [2.05, 4.69) is 10.3 Å². The first kappa shape index (κ1) is 16.7. The number of amides is 1. The molecule has 1 aromatic carbocycles. The van der Waals surface area contributed by atoms with Crippen LogP contribution in [0, 0.1) is 5.92 Å². The van der Waals surface area contributed by atoms with Gasteiger partial charge in [-0.25, -0.2) is 13.4 Å². The minimum absolute atomic E-state index is 0.0560. The lowest BCUT2D eigenvalue weighted by molar-refractivity contribution is -0.122. The van der Waals surface area contributed by atoms with Gasteiger partial charge < -0.3 is 9.88 Å². The summed E-state index contributed by atoms with van der Waals surface area (Å²) in [5.41, 5.74) is 1.97. The Hall–Kier alpha value is -2.15. The molecule has 2 heterocycles. The summed E-state index contributed by atoms with van der Waals surface area (Å²) in [6, 6.07) is 7.75. The molecule has 1 saturated heterocycles. The number of aromatic nitrogens is 2. The molecule has 7 heteroatoms. The van der Waals surface area contributed by atoms with Gasteiger partial charge in [0.25, 0.3) is 0 Å². The highest BCUT2D eigenvalue weighted by Gasteiger charge is 2.29. The molecule has 3 rings (SSSR count). The van der Waals surface area contributed by atoms with Crippen molar-refractivity contribution in [3.63, 3.8) is 0 Å². The van der Waals surface area contributed by atoms with E-state index in [9.17, 15) is 13.2 Å². The molecule has 1 aromatic heterocycles. The molecule has 2 atom stereocenters. The highest BCUT2D eigenvalue weighted by molar-refractivity contribution is 7.91. The van der Waals surface area contributed by atoms with E-state index in [4.69, 9.17) is 0 Å². The van der Waals surface area contributed by atoms with Crippen LogP contribution >= 0.6 is 0 Å². The molecule has 0 unspecified atom stereocenters. The third kappa shape index (κ3) is 4.03. The number of rotatable bonds is 5. The molecule has 1 aliphatic rings. The van der Waals surface area contributed by atoms with Crippen molar-refractivity contribution >= 4 is 15.7 Å². The first-order valence-corrected chi connectivity index (χ1v) is 9.83. The Labute approximate surface area is 141 Å². The first-order chi connectivity index (χ1) is 11.4. The first-order valence-electron chi connectivity index (χ1n) is 8.01. The number of carbonyl (C=O) groups is 1. The Morgan fingerprint density at radius 3 is 2.96 bits per heavy atom. The molecular weight excluding hydrogens is 326 g/mol. The Kier molecular flexibility index (Phi) is 4.71. The standard InChI is InChI=1S/C17H21N3O3S/c1-13(19-17(21)9-14-5-8-24(22,23)11-14)15-3-2-4-16(10-15)20-7-6-18-12-20/h2-4,6-7,10,12-14H,5,8-9,11H2,1H3,(H,19,21)/t13-,14+/m1/s1. The Morgan fingerprint density at radius 1 is 1.46 bits per heavy atom. The highest BCUT2D eigenvalue weighted by Crippen LogP contribution is 2.22. The second-order valence-corrected chi connectivity index (χ2v) is 8.56. The van der Waals surface area contributed by atoms with Crippen LogP contribution < -0.4 is 5.32 Å². The summed E-state index contributed by atoms with van der Waals surface area (Å²) < 4.78 is 24.9. The second kappa shape index (κ2) is 6.76. The van der Waals surface area contributed by atoms with Crippen molar-refractivity contribution in [2.45, 2.75) is 25.8 Å². The summed E-state index contributed by atoms with van der Waals surface area (Å²) in [5, 5.41) is 2.96. The van der Waals surface area contributed by atoms with Crippen molar-refractivity contribution in [1.29, 1.82) is 0 Å². The van der Waals surface area contributed by atoms with E-state index in [1.54, 1.807) is 12.5 Å².